The molecular weight excluding hydrogens is 342 g/mol. The number of ketones is 1. The second-order valence-electron chi connectivity index (χ2n) is 4.25. The van der Waals surface area contributed by atoms with Gasteiger partial charge in [0.2, 0.25) is 0 Å². The molecule has 0 bridgehead atoms. The van der Waals surface area contributed by atoms with Gasteiger partial charge in [0.25, 0.3) is 0 Å². The van der Waals surface area contributed by atoms with Crippen LogP contribution < -0.4 is 0 Å². The Labute approximate surface area is 119 Å². The molecule has 0 aliphatic carbocycles. The van der Waals surface area contributed by atoms with Crippen molar-refractivity contribution in [2.45, 2.75) is 13.8 Å². The fourth-order valence-corrected chi connectivity index (χ4v) is 2.39. The minimum Gasteiger partial charge on any atom is -0.288 e. The van der Waals surface area contributed by atoms with Crippen molar-refractivity contribution in [3.05, 3.63) is 68.0 Å². The summed E-state index contributed by atoms with van der Waals surface area (Å²) in [7, 11) is 0. The second kappa shape index (κ2) is 5.18. The molecule has 2 aromatic rings. The van der Waals surface area contributed by atoms with Gasteiger partial charge >= 0.3 is 0 Å². The Kier molecular flexibility index (Phi) is 3.80. The van der Waals surface area contributed by atoms with E-state index in [4.69, 9.17) is 0 Å². The first kappa shape index (κ1) is 13.2. The van der Waals surface area contributed by atoms with E-state index in [9.17, 15) is 9.18 Å². The van der Waals surface area contributed by atoms with Gasteiger partial charge in [-0.1, -0.05) is 23.8 Å². The molecule has 0 fully saturated rings. The van der Waals surface area contributed by atoms with Crippen LogP contribution in [0.1, 0.15) is 27.0 Å². The van der Waals surface area contributed by atoms with Crippen molar-refractivity contribution in [1.29, 1.82) is 0 Å². The fourth-order valence-electron chi connectivity index (χ4n) is 1.78. The molecule has 0 N–H and O–H groups in total. The van der Waals surface area contributed by atoms with Gasteiger partial charge in [-0.3, -0.25) is 4.79 Å². The number of halogens is 2. The quantitative estimate of drug-likeness (QED) is 0.581. The molecule has 0 aliphatic heterocycles. The largest absolute Gasteiger partial charge is 0.288 e. The van der Waals surface area contributed by atoms with Crippen LogP contribution in [0.2, 0.25) is 0 Å². The van der Waals surface area contributed by atoms with E-state index in [1.165, 1.54) is 6.07 Å². The Morgan fingerprint density at radius 1 is 1.11 bits per heavy atom. The first-order valence-electron chi connectivity index (χ1n) is 5.56. The average Bonchev–Trinajstić information content (AvgIpc) is 2.35. The summed E-state index contributed by atoms with van der Waals surface area (Å²) in [5.41, 5.74) is 2.59. The van der Waals surface area contributed by atoms with Gasteiger partial charge in [-0.05, 0) is 60.2 Å². The smallest absolute Gasteiger partial charge is 0.197 e. The minimum absolute atomic E-state index is 0.138. The Hall–Kier alpha value is -1.23. The van der Waals surface area contributed by atoms with Gasteiger partial charge in [0.05, 0.1) is 5.56 Å². The maximum atomic E-state index is 13.7. The third kappa shape index (κ3) is 2.46. The lowest BCUT2D eigenvalue weighted by molar-refractivity contribution is 0.103. The Bertz CT molecular complexity index is 616. The lowest BCUT2D eigenvalue weighted by atomic mass is 10.00. The molecular formula is C15H12FIO. The zero-order valence-corrected chi connectivity index (χ0v) is 12.3. The number of rotatable bonds is 2. The summed E-state index contributed by atoms with van der Waals surface area (Å²) in [5, 5.41) is 0. The number of aryl methyl sites for hydroxylation is 2. The first-order valence-corrected chi connectivity index (χ1v) is 6.64. The van der Waals surface area contributed by atoms with Crippen molar-refractivity contribution in [2.24, 2.45) is 0 Å². The molecule has 0 saturated carbocycles. The Morgan fingerprint density at radius 2 is 1.83 bits per heavy atom. The SMILES string of the molecule is Cc1ccc(F)c(C(=O)c2cccc(C)c2I)c1. The molecule has 0 atom stereocenters. The third-order valence-corrected chi connectivity index (χ3v) is 4.23. The van der Waals surface area contributed by atoms with Crippen molar-refractivity contribution in [1.82, 2.24) is 0 Å². The predicted octanol–water partition coefficient (Wildman–Crippen LogP) is 4.28. The van der Waals surface area contributed by atoms with Gasteiger partial charge in [-0.2, -0.15) is 0 Å². The van der Waals surface area contributed by atoms with Crippen molar-refractivity contribution in [3.63, 3.8) is 0 Å². The Balaban J connectivity index is 2.55. The van der Waals surface area contributed by atoms with Crippen LogP contribution in [0.25, 0.3) is 0 Å². The number of carbonyl (C=O) groups excluding carboxylic acids is 1. The number of hydrogen-bond donors (Lipinski definition) is 0. The van der Waals surface area contributed by atoms with Crippen LogP contribution in [0.4, 0.5) is 4.39 Å². The molecule has 2 aromatic carbocycles. The minimum atomic E-state index is -0.470. The lowest BCUT2D eigenvalue weighted by Crippen LogP contribution is -2.07. The van der Waals surface area contributed by atoms with Crippen LogP contribution in [0.5, 0.6) is 0 Å². The zero-order valence-electron chi connectivity index (χ0n) is 10.1. The van der Waals surface area contributed by atoms with E-state index in [1.54, 1.807) is 18.2 Å². The monoisotopic (exact) mass is 354 g/mol. The molecule has 0 amide bonds. The highest BCUT2D eigenvalue weighted by molar-refractivity contribution is 14.1. The molecule has 0 saturated heterocycles. The molecule has 0 unspecified atom stereocenters. The zero-order chi connectivity index (χ0) is 13.3. The molecule has 0 spiro atoms. The second-order valence-corrected chi connectivity index (χ2v) is 5.33. The van der Waals surface area contributed by atoms with Gasteiger partial charge in [-0.15, -0.1) is 0 Å². The van der Waals surface area contributed by atoms with E-state index in [0.29, 0.717) is 5.56 Å². The van der Waals surface area contributed by atoms with Crippen LogP contribution in [0, 0.1) is 23.2 Å². The van der Waals surface area contributed by atoms with Crippen molar-refractivity contribution >= 4 is 28.4 Å². The predicted molar refractivity (Wildman–Crippen MR) is 78.5 cm³/mol. The van der Waals surface area contributed by atoms with E-state index in [0.717, 1.165) is 14.7 Å². The van der Waals surface area contributed by atoms with Crippen molar-refractivity contribution in [2.75, 3.05) is 0 Å². The van der Waals surface area contributed by atoms with Gasteiger partial charge in [0.15, 0.2) is 5.78 Å². The van der Waals surface area contributed by atoms with Gasteiger partial charge < -0.3 is 0 Å². The molecule has 1 nitrogen and oxygen atoms in total. The molecule has 0 heterocycles. The topological polar surface area (TPSA) is 17.1 Å². The van der Waals surface area contributed by atoms with Crippen LogP contribution in [0.3, 0.4) is 0 Å². The molecule has 3 heteroatoms. The third-order valence-electron chi connectivity index (χ3n) is 2.80. The lowest BCUT2D eigenvalue weighted by Gasteiger charge is -2.07. The Morgan fingerprint density at radius 3 is 2.56 bits per heavy atom. The summed E-state index contributed by atoms with van der Waals surface area (Å²) in [6.45, 7) is 3.78. The summed E-state index contributed by atoms with van der Waals surface area (Å²) in [5.74, 6) is -0.729. The first-order chi connectivity index (χ1) is 8.50. The molecule has 0 aromatic heterocycles. The summed E-state index contributed by atoms with van der Waals surface area (Å²) in [6, 6.07) is 10.1. The van der Waals surface area contributed by atoms with E-state index < -0.39 is 5.82 Å². The fraction of sp³-hybridized carbons (Fsp3) is 0.133. The van der Waals surface area contributed by atoms with Crippen LogP contribution in [-0.4, -0.2) is 5.78 Å². The van der Waals surface area contributed by atoms with Crippen LogP contribution >= 0.6 is 22.6 Å². The van der Waals surface area contributed by atoms with Crippen LogP contribution in [0.15, 0.2) is 36.4 Å². The standard InChI is InChI=1S/C15H12FIO/c1-9-6-7-13(16)12(8-9)15(18)11-5-3-4-10(2)14(11)17/h3-8H,1-2H3. The number of carbonyl (C=O) groups is 1. The molecule has 92 valence electrons. The van der Waals surface area contributed by atoms with Gasteiger partial charge in [-0.25, -0.2) is 4.39 Å². The maximum absolute atomic E-state index is 13.7. The van der Waals surface area contributed by atoms with Crippen molar-refractivity contribution < 1.29 is 9.18 Å². The molecule has 18 heavy (non-hydrogen) atoms. The van der Waals surface area contributed by atoms with E-state index in [-0.39, 0.29) is 11.3 Å². The molecule has 0 radical (unpaired) electrons. The maximum Gasteiger partial charge on any atom is 0.197 e. The number of hydrogen-bond acceptors (Lipinski definition) is 1. The molecule has 0 aliphatic rings. The van der Waals surface area contributed by atoms with Crippen LogP contribution in [-0.2, 0) is 0 Å². The van der Waals surface area contributed by atoms with E-state index in [1.807, 2.05) is 26.0 Å². The van der Waals surface area contributed by atoms with E-state index >= 15 is 0 Å². The van der Waals surface area contributed by atoms with Gasteiger partial charge in [0.1, 0.15) is 5.82 Å². The average molecular weight is 354 g/mol. The summed E-state index contributed by atoms with van der Waals surface area (Å²) in [6.07, 6.45) is 0. The summed E-state index contributed by atoms with van der Waals surface area (Å²) >= 11 is 2.12. The number of benzene rings is 2. The summed E-state index contributed by atoms with van der Waals surface area (Å²) < 4.78 is 14.6. The normalized spacial score (nSPS) is 10.4. The van der Waals surface area contributed by atoms with Crippen molar-refractivity contribution in [3.8, 4) is 0 Å². The van der Waals surface area contributed by atoms with E-state index in [2.05, 4.69) is 22.6 Å². The highest BCUT2D eigenvalue weighted by Crippen LogP contribution is 2.21. The highest BCUT2D eigenvalue weighted by Gasteiger charge is 2.17. The molecule has 2 rings (SSSR count). The highest BCUT2D eigenvalue weighted by atomic mass is 127. The van der Waals surface area contributed by atoms with Gasteiger partial charge in [0, 0.05) is 9.13 Å². The summed E-state index contributed by atoms with van der Waals surface area (Å²) in [4.78, 5) is 12.3.